The number of nitrogens with one attached hydrogen (secondary N) is 2. The highest BCUT2D eigenvalue weighted by Crippen LogP contribution is 2.19. The van der Waals surface area contributed by atoms with Crippen LogP contribution in [-0.4, -0.2) is 26.8 Å². The lowest BCUT2D eigenvalue weighted by atomic mass is 10.1. The number of nitrogens with zero attached hydrogens (tertiary/aromatic N) is 2. The fourth-order valence-corrected chi connectivity index (χ4v) is 3.01. The first kappa shape index (κ1) is 16.3. The maximum Gasteiger partial charge on any atom is 0.234 e. The topological polar surface area (TPSA) is 70.7 Å². The fourth-order valence-electron chi connectivity index (χ4n) is 2.41. The van der Waals surface area contributed by atoms with Gasteiger partial charge in [0, 0.05) is 11.3 Å². The van der Waals surface area contributed by atoms with Gasteiger partial charge >= 0.3 is 0 Å². The van der Waals surface area contributed by atoms with Crippen LogP contribution in [0.5, 0.6) is 0 Å². The number of benzene rings is 2. The first-order chi connectivity index (χ1) is 11.6. The van der Waals surface area contributed by atoms with Gasteiger partial charge in [0.05, 0.1) is 5.75 Å². The van der Waals surface area contributed by atoms with Gasteiger partial charge in [0.25, 0.3) is 0 Å². The molecular formula is C18H18N4OS. The summed E-state index contributed by atoms with van der Waals surface area (Å²) in [7, 11) is 0. The molecule has 3 rings (SSSR count). The smallest absolute Gasteiger partial charge is 0.234 e. The van der Waals surface area contributed by atoms with Gasteiger partial charge in [-0.05, 0) is 37.1 Å². The highest BCUT2D eigenvalue weighted by atomic mass is 32.2. The monoisotopic (exact) mass is 338 g/mol. The summed E-state index contributed by atoms with van der Waals surface area (Å²) >= 11 is 1.31. The first-order valence-corrected chi connectivity index (χ1v) is 8.57. The molecule has 2 N–H and O–H groups in total. The van der Waals surface area contributed by atoms with E-state index in [0.717, 1.165) is 22.4 Å². The lowest BCUT2D eigenvalue weighted by Gasteiger charge is -2.06. The Morgan fingerprint density at radius 1 is 1.12 bits per heavy atom. The van der Waals surface area contributed by atoms with E-state index in [1.165, 1.54) is 11.8 Å². The normalized spacial score (nSPS) is 10.6. The van der Waals surface area contributed by atoms with E-state index in [2.05, 4.69) is 26.6 Å². The zero-order valence-corrected chi connectivity index (χ0v) is 14.4. The third-order valence-corrected chi connectivity index (χ3v) is 4.20. The molecule has 0 aliphatic carbocycles. The molecule has 0 radical (unpaired) electrons. The van der Waals surface area contributed by atoms with Crippen LogP contribution >= 0.6 is 11.8 Å². The van der Waals surface area contributed by atoms with Gasteiger partial charge in [-0.15, -0.1) is 5.10 Å². The van der Waals surface area contributed by atoms with Crippen LogP contribution < -0.4 is 5.32 Å². The highest BCUT2D eigenvalue weighted by Gasteiger charge is 2.09. The molecule has 3 aromatic rings. The fraction of sp³-hybridized carbons (Fsp3) is 0.167. The van der Waals surface area contributed by atoms with Crippen molar-refractivity contribution in [3.05, 3.63) is 59.7 Å². The second-order valence-corrected chi connectivity index (χ2v) is 6.49. The van der Waals surface area contributed by atoms with Crippen molar-refractivity contribution in [2.75, 3.05) is 11.1 Å². The lowest BCUT2D eigenvalue weighted by molar-refractivity contribution is -0.113. The zero-order chi connectivity index (χ0) is 16.9. The van der Waals surface area contributed by atoms with Crippen molar-refractivity contribution in [2.24, 2.45) is 0 Å². The average Bonchev–Trinajstić information content (AvgIpc) is 3.02. The van der Waals surface area contributed by atoms with E-state index in [9.17, 15) is 4.79 Å². The molecule has 5 nitrogen and oxygen atoms in total. The molecule has 2 aromatic carbocycles. The molecule has 0 bridgehead atoms. The summed E-state index contributed by atoms with van der Waals surface area (Å²) in [5, 5.41) is 10.5. The molecule has 1 aromatic heterocycles. The SMILES string of the molecule is Cc1cc(C)cc(NC(=O)CSc2n[nH]c(-c3ccccc3)n2)c1. The zero-order valence-electron chi connectivity index (χ0n) is 13.5. The van der Waals surface area contributed by atoms with Gasteiger partial charge in [-0.2, -0.15) is 0 Å². The number of aromatic amines is 1. The molecule has 0 spiro atoms. The molecular weight excluding hydrogens is 320 g/mol. The number of hydrogen-bond donors (Lipinski definition) is 2. The Bertz CT molecular complexity index is 825. The maximum atomic E-state index is 12.1. The summed E-state index contributed by atoms with van der Waals surface area (Å²) < 4.78 is 0. The number of aryl methyl sites for hydroxylation is 2. The number of hydrogen-bond acceptors (Lipinski definition) is 4. The predicted molar refractivity (Wildman–Crippen MR) is 97.1 cm³/mol. The van der Waals surface area contributed by atoms with Crippen molar-refractivity contribution in [2.45, 2.75) is 19.0 Å². The van der Waals surface area contributed by atoms with Gasteiger partial charge < -0.3 is 5.32 Å². The van der Waals surface area contributed by atoms with E-state index in [1.807, 2.05) is 56.3 Å². The highest BCUT2D eigenvalue weighted by molar-refractivity contribution is 7.99. The number of aromatic nitrogens is 3. The van der Waals surface area contributed by atoms with E-state index in [0.29, 0.717) is 11.0 Å². The molecule has 0 unspecified atom stereocenters. The Balaban J connectivity index is 1.58. The Morgan fingerprint density at radius 2 is 1.83 bits per heavy atom. The standard InChI is InChI=1S/C18H18N4OS/c1-12-8-13(2)10-15(9-12)19-16(23)11-24-18-20-17(21-22-18)14-6-4-3-5-7-14/h3-10H,11H2,1-2H3,(H,19,23)(H,20,21,22). The van der Waals surface area contributed by atoms with Crippen molar-refractivity contribution in [3.8, 4) is 11.4 Å². The summed E-state index contributed by atoms with van der Waals surface area (Å²) in [4.78, 5) is 16.5. The molecule has 0 fully saturated rings. The predicted octanol–water partition coefficient (Wildman–Crippen LogP) is 3.82. The molecule has 0 atom stereocenters. The first-order valence-electron chi connectivity index (χ1n) is 7.59. The van der Waals surface area contributed by atoms with E-state index < -0.39 is 0 Å². The van der Waals surface area contributed by atoms with E-state index in [4.69, 9.17) is 0 Å². The number of rotatable bonds is 5. The number of amides is 1. The van der Waals surface area contributed by atoms with Crippen LogP contribution in [0.2, 0.25) is 0 Å². The minimum Gasteiger partial charge on any atom is -0.325 e. The maximum absolute atomic E-state index is 12.1. The van der Waals surface area contributed by atoms with Crippen LogP contribution in [0.3, 0.4) is 0 Å². The summed E-state index contributed by atoms with van der Waals surface area (Å²) in [6.07, 6.45) is 0. The third kappa shape index (κ3) is 4.23. The molecule has 6 heteroatoms. The Morgan fingerprint density at radius 3 is 2.54 bits per heavy atom. The van der Waals surface area contributed by atoms with Crippen LogP contribution in [0.15, 0.2) is 53.7 Å². The molecule has 122 valence electrons. The second kappa shape index (κ2) is 7.31. The second-order valence-electron chi connectivity index (χ2n) is 5.55. The van der Waals surface area contributed by atoms with E-state index in [-0.39, 0.29) is 11.7 Å². The third-order valence-electron chi connectivity index (χ3n) is 3.35. The molecule has 1 amide bonds. The van der Waals surface area contributed by atoms with Crippen LogP contribution in [0.1, 0.15) is 11.1 Å². The summed E-state index contributed by atoms with van der Waals surface area (Å²) in [6.45, 7) is 4.02. The van der Waals surface area contributed by atoms with Crippen molar-refractivity contribution >= 4 is 23.4 Å². The Kier molecular flexibility index (Phi) is 4.96. The van der Waals surface area contributed by atoms with Gasteiger partial charge in [0.1, 0.15) is 0 Å². The molecule has 0 aliphatic heterocycles. The molecule has 0 saturated heterocycles. The number of anilines is 1. The van der Waals surface area contributed by atoms with Crippen LogP contribution in [0, 0.1) is 13.8 Å². The van der Waals surface area contributed by atoms with Gasteiger partial charge in [0.2, 0.25) is 11.1 Å². The molecule has 0 saturated carbocycles. The lowest BCUT2D eigenvalue weighted by Crippen LogP contribution is -2.14. The number of carbonyl (C=O) groups excluding carboxylic acids is 1. The number of H-pyrrole nitrogens is 1. The van der Waals surface area contributed by atoms with Gasteiger partial charge in [-0.1, -0.05) is 48.2 Å². The summed E-state index contributed by atoms with van der Waals surface area (Å²) in [6, 6.07) is 15.7. The van der Waals surface area contributed by atoms with Crippen LogP contribution in [-0.2, 0) is 4.79 Å². The quantitative estimate of drug-likeness (QED) is 0.694. The van der Waals surface area contributed by atoms with Crippen LogP contribution in [0.25, 0.3) is 11.4 Å². The number of thioether (sulfide) groups is 1. The molecule has 24 heavy (non-hydrogen) atoms. The minimum atomic E-state index is -0.0731. The largest absolute Gasteiger partial charge is 0.325 e. The Hall–Kier alpha value is -2.60. The number of carbonyl (C=O) groups is 1. The van der Waals surface area contributed by atoms with Gasteiger partial charge in [-0.25, -0.2) is 4.98 Å². The molecule has 1 heterocycles. The van der Waals surface area contributed by atoms with E-state index >= 15 is 0 Å². The minimum absolute atomic E-state index is 0.0731. The van der Waals surface area contributed by atoms with Crippen molar-refractivity contribution < 1.29 is 4.79 Å². The van der Waals surface area contributed by atoms with Crippen LogP contribution in [0.4, 0.5) is 5.69 Å². The van der Waals surface area contributed by atoms with Gasteiger partial charge in [0.15, 0.2) is 5.82 Å². The van der Waals surface area contributed by atoms with E-state index in [1.54, 1.807) is 0 Å². The van der Waals surface area contributed by atoms with Crippen molar-refractivity contribution in [1.82, 2.24) is 15.2 Å². The molecule has 0 aliphatic rings. The Labute approximate surface area is 144 Å². The van der Waals surface area contributed by atoms with Crippen molar-refractivity contribution in [3.63, 3.8) is 0 Å². The van der Waals surface area contributed by atoms with Crippen molar-refractivity contribution in [1.29, 1.82) is 0 Å². The van der Waals surface area contributed by atoms with Gasteiger partial charge in [-0.3, -0.25) is 9.89 Å². The average molecular weight is 338 g/mol. The summed E-state index contributed by atoms with van der Waals surface area (Å²) in [5.41, 5.74) is 4.04. The summed E-state index contributed by atoms with van der Waals surface area (Å²) in [5.74, 6) is 0.892.